The van der Waals surface area contributed by atoms with E-state index in [0.29, 0.717) is 29.5 Å². The highest BCUT2D eigenvalue weighted by Gasteiger charge is 2.21. The molecule has 0 fully saturated rings. The van der Waals surface area contributed by atoms with Crippen LogP contribution in [0.1, 0.15) is 24.2 Å². The van der Waals surface area contributed by atoms with Crippen molar-refractivity contribution in [2.45, 2.75) is 32.0 Å². The van der Waals surface area contributed by atoms with E-state index >= 15 is 0 Å². The fraction of sp³-hybridized carbons (Fsp3) is 0.350. The maximum absolute atomic E-state index is 12.6. The van der Waals surface area contributed by atoms with Gasteiger partial charge in [-0.05, 0) is 30.7 Å². The number of aliphatic hydroxyl groups excluding tert-OH is 1. The fourth-order valence-electron chi connectivity index (χ4n) is 3.50. The summed E-state index contributed by atoms with van der Waals surface area (Å²) < 4.78 is 7.54. The number of anilines is 1. The van der Waals surface area contributed by atoms with Crippen LogP contribution in [-0.2, 0) is 17.7 Å². The topological polar surface area (TPSA) is 101 Å². The lowest BCUT2D eigenvalue weighted by Crippen LogP contribution is -2.36. The number of aromatic nitrogens is 3. The summed E-state index contributed by atoms with van der Waals surface area (Å²) in [4.78, 5) is 17.2. The number of hydrogen-bond donors (Lipinski definition) is 3. The second-order valence-electron chi connectivity index (χ2n) is 6.95. The molecule has 8 nitrogen and oxygen atoms in total. The number of carbonyl (C=O) groups excluding carboxylic acids is 1. The number of benzene rings is 1. The number of fused-ring (bicyclic) bond motifs is 4. The first-order chi connectivity index (χ1) is 14.0. The van der Waals surface area contributed by atoms with Crippen LogP contribution in [0.4, 0.5) is 10.6 Å². The number of halogens is 1. The van der Waals surface area contributed by atoms with Gasteiger partial charge in [-0.3, -0.25) is 10.00 Å². The van der Waals surface area contributed by atoms with E-state index in [4.69, 9.17) is 16.3 Å². The molecule has 0 radical (unpaired) electrons. The first-order valence-electron chi connectivity index (χ1n) is 9.47. The zero-order valence-corrected chi connectivity index (χ0v) is 16.7. The highest BCUT2D eigenvalue weighted by Crippen LogP contribution is 2.24. The maximum atomic E-state index is 12.6. The van der Waals surface area contributed by atoms with Crippen LogP contribution in [0.15, 0.2) is 36.5 Å². The number of nitrogens with one attached hydrogen (secondary N) is 2. The van der Waals surface area contributed by atoms with Gasteiger partial charge in [0.05, 0.1) is 42.8 Å². The predicted molar refractivity (Wildman–Crippen MR) is 110 cm³/mol. The number of hydrogen-bond acceptors (Lipinski definition) is 5. The summed E-state index contributed by atoms with van der Waals surface area (Å²) in [6.45, 7) is 2.99. The van der Waals surface area contributed by atoms with Gasteiger partial charge in [0.15, 0.2) is 0 Å². The molecule has 1 aliphatic heterocycles. The molecular formula is C20H22ClN5O3. The number of carbonyl (C=O) groups is 1. The molecule has 0 spiro atoms. The predicted octanol–water partition coefficient (Wildman–Crippen LogP) is 2.90. The average molecular weight is 416 g/mol. The minimum absolute atomic E-state index is 0.119. The Balaban J connectivity index is 1.68. The van der Waals surface area contributed by atoms with E-state index in [1.54, 1.807) is 24.4 Å². The molecule has 4 rings (SSSR count). The van der Waals surface area contributed by atoms with Gasteiger partial charge in [-0.25, -0.2) is 9.78 Å². The molecule has 2 amide bonds. The van der Waals surface area contributed by atoms with Crippen LogP contribution in [-0.4, -0.2) is 45.2 Å². The Morgan fingerprint density at radius 3 is 3.00 bits per heavy atom. The van der Waals surface area contributed by atoms with Crippen molar-refractivity contribution in [3.8, 4) is 0 Å². The van der Waals surface area contributed by atoms with Crippen LogP contribution < -0.4 is 10.6 Å². The molecule has 2 aromatic heterocycles. The third kappa shape index (κ3) is 4.34. The Labute approximate surface area is 172 Å². The number of nitrogens with zero attached hydrogens (tertiary/aromatic N) is 3. The summed E-state index contributed by atoms with van der Waals surface area (Å²) in [5.41, 5.74) is 2.33. The minimum atomic E-state index is -0.740. The molecule has 152 valence electrons. The van der Waals surface area contributed by atoms with E-state index < -0.39 is 18.2 Å². The molecule has 3 heterocycles. The zero-order chi connectivity index (χ0) is 20.4. The molecular weight excluding hydrogens is 394 g/mol. The molecule has 1 aromatic carbocycles. The van der Waals surface area contributed by atoms with Crippen molar-refractivity contribution < 1.29 is 14.6 Å². The molecule has 3 aromatic rings. The minimum Gasteiger partial charge on any atom is -0.390 e. The lowest BCUT2D eigenvalue weighted by molar-refractivity contribution is 0.0283. The van der Waals surface area contributed by atoms with Gasteiger partial charge >= 0.3 is 6.03 Å². The Morgan fingerprint density at radius 2 is 2.21 bits per heavy atom. The van der Waals surface area contributed by atoms with Crippen LogP contribution in [0.25, 0.3) is 10.9 Å². The Hall–Kier alpha value is -2.68. The van der Waals surface area contributed by atoms with Gasteiger partial charge in [-0.2, -0.15) is 5.10 Å². The van der Waals surface area contributed by atoms with Crippen LogP contribution >= 0.6 is 11.6 Å². The van der Waals surface area contributed by atoms with E-state index in [0.717, 1.165) is 16.5 Å². The van der Waals surface area contributed by atoms with Gasteiger partial charge in [0.1, 0.15) is 5.82 Å². The monoisotopic (exact) mass is 415 g/mol. The fourth-order valence-corrected chi connectivity index (χ4v) is 3.70. The molecule has 0 saturated heterocycles. The molecule has 9 heteroatoms. The first kappa shape index (κ1) is 19.6. The van der Waals surface area contributed by atoms with E-state index in [-0.39, 0.29) is 13.2 Å². The van der Waals surface area contributed by atoms with Crippen molar-refractivity contribution in [3.63, 3.8) is 0 Å². The van der Waals surface area contributed by atoms with Gasteiger partial charge in [-0.1, -0.05) is 23.7 Å². The highest BCUT2D eigenvalue weighted by molar-refractivity contribution is 6.30. The van der Waals surface area contributed by atoms with Crippen LogP contribution in [0.5, 0.6) is 0 Å². The van der Waals surface area contributed by atoms with Crippen molar-refractivity contribution in [2.24, 2.45) is 0 Å². The van der Waals surface area contributed by atoms with Crippen molar-refractivity contribution in [1.29, 1.82) is 0 Å². The highest BCUT2D eigenvalue weighted by atomic mass is 35.5. The molecule has 1 aliphatic rings. The van der Waals surface area contributed by atoms with Crippen LogP contribution in [0.3, 0.4) is 0 Å². The lowest BCUT2D eigenvalue weighted by atomic mass is 10.1. The number of urea groups is 1. The van der Waals surface area contributed by atoms with E-state index in [1.165, 1.54) is 0 Å². The second kappa shape index (κ2) is 8.36. The summed E-state index contributed by atoms with van der Waals surface area (Å²) in [6.07, 6.45) is 1.29. The van der Waals surface area contributed by atoms with Crippen molar-refractivity contribution in [1.82, 2.24) is 20.1 Å². The molecule has 0 unspecified atom stereocenters. The van der Waals surface area contributed by atoms with Gasteiger partial charge in [0, 0.05) is 23.4 Å². The largest absolute Gasteiger partial charge is 0.390 e. The molecule has 29 heavy (non-hydrogen) atoms. The number of ether oxygens (including phenoxy) is 1. The third-order valence-corrected chi connectivity index (χ3v) is 5.05. The zero-order valence-electron chi connectivity index (χ0n) is 15.9. The van der Waals surface area contributed by atoms with E-state index in [2.05, 4.69) is 20.7 Å². The Morgan fingerprint density at radius 1 is 1.34 bits per heavy atom. The number of amides is 2. The third-order valence-electron chi connectivity index (χ3n) is 4.81. The summed E-state index contributed by atoms with van der Waals surface area (Å²) >= 11 is 6.09. The standard InChI is InChI=1S/C20H22ClN5O3/c1-2-26-19-13(9-22-26)7-18-23-16(19)8-15(27)10-29-11-17(24-20(28)25-18)12-4-3-5-14(21)6-12/h3-7,9,15,17,27H,2,8,10-11H2,1H3,(H2,23,24,25,28)/t15-,17-/m1/s1. The lowest BCUT2D eigenvalue weighted by Gasteiger charge is -2.22. The van der Waals surface area contributed by atoms with Gasteiger partial charge in [0.25, 0.3) is 0 Å². The molecule has 3 N–H and O–H groups in total. The molecule has 0 aliphatic carbocycles. The molecule has 0 saturated carbocycles. The smallest absolute Gasteiger partial charge is 0.320 e. The normalized spacial score (nSPS) is 20.4. The number of pyridine rings is 1. The summed E-state index contributed by atoms with van der Waals surface area (Å²) in [5, 5.41) is 22.0. The maximum Gasteiger partial charge on any atom is 0.320 e. The SMILES string of the molecule is CCn1ncc2cc3nc(c21)C[C@@H](O)COC[C@H](c1cccc(Cl)c1)NC(=O)N3. The second-order valence-corrected chi connectivity index (χ2v) is 7.39. The first-order valence-corrected chi connectivity index (χ1v) is 9.85. The number of aryl methyl sites for hydroxylation is 1. The summed E-state index contributed by atoms with van der Waals surface area (Å²) in [7, 11) is 0. The molecule has 2 atom stereocenters. The summed E-state index contributed by atoms with van der Waals surface area (Å²) in [6, 6.07) is 8.17. The van der Waals surface area contributed by atoms with Crippen molar-refractivity contribution in [3.05, 3.63) is 52.8 Å². The van der Waals surface area contributed by atoms with Gasteiger partial charge < -0.3 is 15.2 Å². The number of rotatable bonds is 2. The summed E-state index contributed by atoms with van der Waals surface area (Å²) in [5.74, 6) is 0.402. The van der Waals surface area contributed by atoms with Gasteiger partial charge in [-0.15, -0.1) is 0 Å². The number of aliphatic hydroxyl groups is 1. The van der Waals surface area contributed by atoms with Gasteiger partial charge in [0.2, 0.25) is 0 Å². The quantitative estimate of drug-likeness (QED) is 0.597. The van der Waals surface area contributed by atoms with Crippen molar-refractivity contribution in [2.75, 3.05) is 18.5 Å². The Kier molecular flexibility index (Phi) is 5.66. The van der Waals surface area contributed by atoms with Crippen molar-refractivity contribution >= 4 is 34.4 Å². The molecule has 2 bridgehead atoms. The van der Waals surface area contributed by atoms with Crippen LogP contribution in [0, 0.1) is 0 Å². The van der Waals surface area contributed by atoms with E-state index in [1.807, 2.05) is 23.7 Å². The van der Waals surface area contributed by atoms with Crippen LogP contribution in [0.2, 0.25) is 5.02 Å². The van der Waals surface area contributed by atoms with E-state index in [9.17, 15) is 9.90 Å². The average Bonchev–Trinajstić information content (AvgIpc) is 3.09. The Bertz CT molecular complexity index is 1040.